The number of carbonyl (C=O) groups is 1. The van der Waals surface area contributed by atoms with Crippen molar-refractivity contribution in [3.05, 3.63) is 56.1 Å². The van der Waals surface area contributed by atoms with Crippen molar-refractivity contribution < 1.29 is 9.32 Å². The molecule has 0 fully saturated rings. The number of carbonyl (C=O) groups excluding carboxylic acids is 1. The highest BCUT2D eigenvalue weighted by atomic mass is 35.5. The lowest BCUT2D eigenvalue weighted by Crippen LogP contribution is -2.15. The summed E-state index contributed by atoms with van der Waals surface area (Å²) in [6, 6.07) is 5.46. The number of fused-ring (bicyclic) bond motifs is 1. The van der Waals surface area contributed by atoms with Crippen molar-refractivity contribution in [2.45, 2.75) is 28.0 Å². The Morgan fingerprint density at radius 3 is 3.07 bits per heavy atom. The van der Waals surface area contributed by atoms with Crippen LogP contribution in [0.25, 0.3) is 0 Å². The van der Waals surface area contributed by atoms with E-state index in [1.54, 1.807) is 29.6 Å². The highest BCUT2D eigenvalue weighted by molar-refractivity contribution is 8.00. The third-order valence-corrected chi connectivity index (χ3v) is 7.52. The van der Waals surface area contributed by atoms with Gasteiger partial charge in [0.05, 0.1) is 23.4 Å². The molecule has 0 radical (unpaired) electrons. The molecular formula is C17H13Cl2N3O2S3. The van der Waals surface area contributed by atoms with Crippen molar-refractivity contribution in [2.24, 2.45) is 0 Å². The third-order valence-electron chi connectivity index (χ3n) is 3.85. The zero-order valence-corrected chi connectivity index (χ0v) is 17.8. The molecule has 4 rings (SSSR count). The van der Waals surface area contributed by atoms with Crippen molar-refractivity contribution >= 4 is 69.9 Å². The summed E-state index contributed by atoms with van der Waals surface area (Å²) in [6.07, 6.45) is 0.196. The number of rotatable bonds is 6. The van der Waals surface area contributed by atoms with Crippen molar-refractivity contribution in [1.82, 2.24) is 10.1 Å². The summed E-state index contributed by atoms with van der Waals surface area (Å²) in [5.74, 6) is 2.64. The number of benzene rings is 1. The molecule has 0 spiro atoms. The van der Waals surface area contributed by atoms with E-state index in [0.29, 0.717) is 21.7 Å². The zero-order chi connectivity index (χ0) is 18.8. The van der Waals surface area contributed by atoms with Gasteiger partial charge in [0, 0.05) is 32.7 Å². The second-order valence-corrected chi connectivity index (χ2v) is 9.69. The Kier molecular flexibility index (Phi) is 5.99. The van der Waals surface area contributed by atoms with E-state index in [0.717, 1.165) is 38.4 Å². The molecule has 27 heavy (non-hydrogen) atoms. The standard InChI is InChI=1S/C17H13Cl2N3O2S3/c18-10-2-1-9(13(19)3-10)5-26-17-20-11(6-27-17)4-15(23)21-16-12-7-25-8-14(12)22-24-16/h1-3,6H,4-5,7-8H2,(H,21,23). The summed E-state index contributed by atoms with van der Waals surface area (Å²) in [6.45, 7) is 0. The summed E-state index contributed by atoms with van der Waals surface area (Å²) >= 11 is 17.0. The van der Waals surface area contributed by atoms with Crippen LogP contribution in [0.15, 0.2) is 32.4 Å². The molecule has 0 saturated carbocycles. The highest BCUT2D eigenvalue weighted by Gasteiger charge is 2.23. The van der Waals surface area contributed by atoms with Crippen LogP contribution < -0.4 is 5.32 Å². The van der Waals surface area contributed by atoms with Crippen molar-refractivity contribution in [3.8, 4) is 0 Å². The predicted octanol–water partition coefficient (Wildman–Crippen LogP) is 5.66. The summed E-state index contributed by atoms with van der Waals surface area (Å²) in [7, 11) is 0. The number of hydrogen-bond donors (Lipinski definition) is 1. The van der Waals surface area contributed by atoms with Gasteiger partial charge in [-0.25, -0.2) is 4.98 Å². The van der Waals surface area contributed by atoms with E-state index < -0.39 is 0 Å². The summed E-state index contributed by atoms with van der Waals surface area (Å²) < 4.78 is 6.11. The molecule has 1 N–H and O–H groups in total. The van der Waals surface area contributed by atoms with Gasteiger partial charge in [-0.1, -0.05) is 46.2 Å². The van der Waals surface area contributed by atoms with Gasteiger partial charge >= 0.3 is 0 Å². The fourth-order valence-electron chi connectivity index (χ4n) is 2.50. The largest absolute Gasteiger partial charge is 0.338 e. The minimum atomic E-state index is -0.159. The molecule has 1 aromatic carbocycles. The fourth-order valence-corrected chi connectivity index (χ4v) is 5.93. The normalized spacial score (nSPS) is 13.0. The van der Waals surface area contributed by atoms with Crippen LogP contribution in [0.4, 0.5) is 5.88 Å². The maximum Gasteiger partial charge on any atom is 0.235 e. The maximum atomic E-state index is 12.3. The summed E-state index contributed by atoms with van der Waals surface area (Å²) in [4.78, 5) is 16.8. The molecule has 140 valence electrons. The first-order valence-electron chi connectivity index (χ1n) is 7.94. The molecular weight excluding hydrogens is 445 g/mol. The predicted molar refractivity (Wildman–Crippen MR) is 112 cm³/mol. The first kappa shape index (κ1) is 19.1. The van der Waals surface area contributed by atoms with Crippen LogP contribution in [-0.4, -0.2) is 16.0 Å². The number of halogens is 2. The number of hydrogen-bond acceptors (Lipinski definition) is 7. The van der Waals surface area contributed by atoms with E-state index >= 15 is 0 Å². The second-order valence-electron chi connectivity index (χ2n) is 5.78. The molecule has 0 aliphatic carbocycles. The van der Waals surface area contributed by atoms with Crippen LogP contribution in [0.2, 0.25) is 10.0 Å². The molecule has 0 unspecified atom stereocenters. The lowest BCUT2D eigenvalue weighted by molar-refractivity contribution is -0.115. The molecule has 3 heterocycles. The van der Waals surface area contributed by atoms with Gasteiger partial charge in [-0.05, 0) is 17.7 Å². The number of nitrogens with zero attached hydrogens (tertiary/aromatic N) is 2. The van der Waals surface area contributed by atoms with Crippen LogP contribution in [-0.2, 0) is 28.5 Å². The first-order valence-corrected chi connectivity index (χ1v) is 11.7. The Morgan fingerprint density at radius 1 is 1.33 bits per heavy atom. The molecule has 10 heteroatoms. The van der Waals surface area contributed by atoms with Crippen molar-refractivity contribution in [2.75, 3.05) is 5.32 Å². The minimum absolute atomic E-state index is 0.159. The van der Waals surface area contributed by atoms with Gasteiger partial charge in [-0.3, -0.25) is 10.1 Å². The lowest BCUT2D eigenvalue weighted by Gasteiger charge is -2.03. The summed E-state index contributed by atoms with van der Waals surface area (Å²) in [5.41, 5.74) is 3.64. The van der Waals surface area contributed by atoms with Crippen LogP contribution in [0.1, 0.15) is 22.5 Å². The van der Waals surface area contributed by atoms with E-state index in [1.807, 2.05) is 17.5 Å². The second kappa shape index (κ2) is 8.45. The Bertz CT molecular complexity index is 990. The quantitative estimate of drug-likeness (QED) is 0.481. The molecule has 0 saturated heterocycles. The molecule has 1 aliphatic heterocycles. The smallest absolute Gasteiger partial charge is 0.235 e. The SMILES string of the molecule is O=C(Cc1csc(SCc2ccc(Cl)cc2Cl)n1)Nc1onc2c1CSC2. The maximum absolute atomic E-state index is 12.3. The highest BCUT2D eigenvalue weighted by Crippen LogP contribution is 2.34. The van der Waals surface area contributed by atoms with E-state index in [-0.39, 0.29) is 12.3 Å². The Labute approximate surface area is 178 Å². The van der Waals surface area contributed by atoms with E-state index in [2.05, 4.69) is 15.5 Å². The minimum Gasteiger partial charge on any atom is -0.338 e. The van der Waals surface area contributed by atoms with Gasteiger partial charge in [0.15, 0.2) is 0 Å². The monoisotopic (exact) mass is 457 g/mol. The summed E-state index contributed by atoms with van der Waals surface area (Å²) in [5, 5.41) is 9.93. The Morgan fingerprint density at radius 2 is 2.22 bits per heavy atom. The lowest BCUT2D eigenvalue weighted by atomic mass is 10.2. The average Bonchev–Trinajstić information content (AvgIpc) is 3.33. The fraction of sp³-hybridized carbons (Fsp3) is 0.235. The van der Waals surface area contributed by atoms with E-state index in [1.165, 1.54) is 11.3 Å². The van der Waals surface area contributed by atoms with Crippen LogP contribution in [0.5, 0.6) is 0 Å². The molecule has 1 aliphatic rings. The molecule has 5 nitrogen and oxygen atoms in total. The van der Waals surface area contributed by atoms with Gasteiger partial charge in [0.1, 0.15) is 4.34 Å². The third kappa shape index (κ3) is 4.63. The molecule has 2 aromatic heterocycles. The van der Waals surface area contributed by atoms with Gasteiger partial charge < -0.3 is 4.52 Å². The zero-order valence-electron chi connectivity index (χ0n) is 13.8. The number of anilines is 1. The molecule has 1 amide bonds. The van der Waals surface area contributed by atoms with E-state index in [9.17, 15) is 4.79 Å². The van der Waals surface area contributed by atoms with Gasteiger partial charge in [0.2, 0.25) is 11.8 Å². The van der Waals surface area contributed by atoms with Crippen molar-refractivity contribution in [3.63, 3.8) is 0 Å². The van der Waals surface area contributed by atoms with Crippen molar-refractivity contribution in [1.29, 1.82) is 0 Å². The number of thiazole rings is 1. The molecule has 0 atom stereocenters. The molecule has 0 bridgehead atoms. The van der Waals surface area contributed by atoms with Gasteiger partial charge in [-0.15, -0.1) is 11.3 Å². The number of amides is 1. The number of thioether (sulfide) groups is 2. The topological polar surface area (TPSA) is 68.0 Å². The van der Waals surface area contributed by atoms with Gasteiger partial charge in [0.25, 0.3) is 0 Å². The Hall–Kier alpha value is -1.19. The van der Waals surface area contributed by atoms with E-state index in [4.69, 9.17) is 27.7 Å². The van der Waals surface area contributed by atoms with Gasteiger partial charge in [-0.2, -0.15) is 11.8 Å². The van der Waals surface area contributed by atoms with Crippen LogP contribution in [0.3, 0.4) is 0 Å². The molecule has 3 aromatic rings. The Balaban J connectivity index is 1.33. The number of nitrogens with one attached hydrogen (secondary N) is 1. The average molecular weight is 458 g/mol. The number of aromatic nitrogens is 2. The van der Waals surface area contributed by atoms with Crippen LogP contribution in [0, 0.1) is 0 Å². The van der Waals surface area contributed by atoms with Crippen LogP contribution >= 0.6 is 58.1 Å². The first-order chi connectivity index (χ1) is 13.1.